The van der Waals surface area contributed by atoms with Crippen LogP contribution in [0, 0.1) is 11.2 Å². The van der Waals surface area contributed by atoms with Gasteiger partial charge in [-0.2, -0.15) is 0 Å². The third kappa shape index (κ3) is 6.02. The Morgan fingerprint density at radius 1 is 1.23 bits per heavy atom. The van der Waals surface area contributed by atoms with Gasteiger partial charge in [-0.25, -0.2) is 9.18 Å². The standard InChI is InChI=1S/C17H27FN2O2/c1-12(6-5-11-21)19-16(22)20-15(17(2,3)4)13-7-9-14(18)10-8-13/h7-10,12,15,21H,5-6,11H2,1-4H3,(H2,19,20,22). The number of aliphatic hydroxyl groups excluding tert-OH is 1. The number of hydrogen-bond donors (Lipinski definition) is 3. The molecule has 0 fully saturated rings. The Hall–Kier alpha value is -1.62. The van der Waals surface area contributed by atoms with Crippen LogP contribution in [0.25, 0.3) is 0 Å². The summed E-state index contributed by atoms with van der Waals surface area (Å²) in [4.78, 5) is 12.2. The van der Waals surface area contributed by atoms with Crippen molar-refractivity contribution in [3.63, 3.8) is 0 Å². The van der Waals surface area contributed by atoms with Gasteiger partial charge >= 0.3 is 6.03 Å². The molecule has 124 valence electrons. The van der Waals surface area contributed by atoms with E-state index in [1.807, 2.05) is 27.7 Å². The van der Waals surface area contributed by atoms with Crippen molar-refractivity contribution < 1.29 is 14.3 Å². The number of nitrogens with one attached hydrogen (secondary N) is 2. The number of aliphatic hydroxyl groups is 1. The maximum absolute atomic E-state index is 13.1. The van der Waals surface area contributed by atoms with Gasteiger partial charge in [0, 0.05) is 12.6 Å². The number of hydrogen-bond acceptors (Lipinski definition) is 2. The van der Waals surface area contributed by atoms with Crippen LogP contribution < -0.4 is 10.6 Å². The molecule has 22 heavy (non-hydrogen) atoms. The zero-order valence-electron chi connectivity index (χ0n) is 13.8. The molecular formula is C17H27FN2O2. The predicted molar refractivity (Wildman–Crippen MR) is 86.0 cm³/mol. The lowest BCUT2D eigenvalue weighted by atomic mass is 9.82. The molecule has 4 nitrogen and oxygen atoms in total. The van der Waals surface area contributed by atoms with Gasteiger partial charge in [-0.15, -0.1) is 0 Å². The fraction of sp³-hybridized carbons (Fsp3) is 0.588. The highest BCUT2D eigenvalue weighted by Gasteiger charge is 2.28. The third-order valence-electron chi connectivity index (χ3n) is 3.52. The smallest absolute Gasteiger partial charge is 0.315 e. The fourth-order valence-corrected chi connectivity index (χ4v) is 2.32. The zero-order chi connectivity index (χ0) is 16.8. The minimum absolute atomic E-state index is 0.0130. The molecule has 1 rings (SSSR count). The van der Waals surface area contributed by atoms with Crippen molar-refractivity contribution in [1.82, 2.24) is 10.6 Å². The summed E-state index contributed by atoms with van der Waals surface area (Å²) in [5, 5.41) is 14.6. The van der Waals surface area contributed by atoms with Gasteiger partial charge < -0.3 is 15.7 Å². The van der Waals surface area contributed by atoms with Crippen LogP contribution in [-0.2, 0) is 0 Å². The second-order valence-electron chi connectivity index (χ2n) is 6.74. The van der Waals surface area contributed by atoms with Crippen LogP contribution in [0.2, 0.25) is 0 Å². The Morgan fingerprint density at radius 3 is 2.32 bits per heavy atom. The highest BCUT2D eigenvalue weighted by Crippen LogP contribution is 2.32. The van der Waals surface area contributed by atoms with Crippen LogP contribution in [-0.4, -0.2) is 23.8 Å². The molecule has 2 amide bonds. The lowest BCUT2D eigenvalue weighted by molar-refractivity contribution is 0.213. The van der Waals surface area contributed by atoms with Crippen LogP contribution in [0.4, 0.5) is 9.18 Å². The Morgan fingerprint density at radius 2 is 1.82 bits per heavy atom. The van der Waals surface area contributed by atoms with Gasteiger partial charge in [-0.3, -0.25) is 0 Å². The van der Waals surface area contributed by atoms with E-state index in [0.717, 1.165) is 12.0 Å². The van der Waals surface area contributed by atoms with Crippen LogP contribution in [0.1, 0.15) is 52.1 Å². The van der Waals surface area contributed by atoms with Gasteiger partial charge in [-0.05, 0) is 42.9 Å². The van der Waals surface area contributed by atoms with Crippen LogP contribution >= 0.6 is 0 Å². The van der Waals surface area contributed by atoms with E-state index in [0.29, 0.717) is 6.42 Å². The van der Waals surface area contributed by atoms with Gasteiger partial charge in [-0.1, -0.05) is 32.9 Å². The Labute approximate surface area is 132 Å². The molecule has 1 aromatic carbocycles. The number of urea groups is 1. The summed E-state index contributed by atoms with van der Waals surface area (Å²) < 4.78 is 13.1. The van der Waals surface area contributed by atoms with Crippen LogP contribution in [0.5, 0.6) is 0 Å². The maximum Gasteiger partial charge on any atom is 0.315 e. The monoisotopic (exact) mass is 310 g/mol. The van der Waals surface area contributed by atoms with Crippen molar-refractivity contribution in [2.75, 3.05) is 6.61 Å². The maximum atomic E-state index is 13.1. The first-order valence-corrected chi connectivity index (χ1v) is 7.67. The van der Waals surface area contributed by atoms with E-state index in [2.05, 4.69) is 10.6 Å². The van der Waals surface area contributed by atoms with Gasteiger partial charge in [0.2, 0.25) is 0 Å². The minimum Gasteiger partial charge on any atom is -0.396 e. The largest absolute Gasteiger partial charge is 0.396 e. The van der Waals surface area contributed by atoms with Crippen molar-refractivity contribution in [2.45, 2.75) is 52.6 Å². The van der Waals surface area contributed by atoms with Crippen molar-refractivity contribution in [3.8, 4) is 0 Å². The van der Waals surface area contributed by atoms with E-state index in [1.165, 1.54) is 12.1 Å². The molecule has 0 saturated carbocycles. The third-order valence-corrected chi connectivity index (χ3v) is 3.52. The Bertz CT molecular complexity index is 469. The minimum atomic E-state index is -0.293. The molecule has 2 atom stereocenters. The molecule has 0 spiro atoms. The molecule has 0 aliphatic carbocycles. The van der Waals surface area contributed by atoms with Gasteiger partial charge in [0.1, 0.15) is 5.82 Å². The van der Waals surface area contributed by atoms with E-state index in [1.54, 1.807) is 12.1 Å². The highest BCUT2D eigenvalue weighted by atomic mass is 19.1. The van der Waals surface area contributed by atoms with Crippen LogP contribution in [0.15, 0.2) is 24.3 Å². The predicted octanol–water partition coefficient (Wildman–Crippen LogP) is 3.37. The Kier molecular flexibility index (Phi) is 6.81. The van der Waals surface area contributed by atoms with E-state index >= 15 is 0 Å². The normalized spacial score (nSPS) is 14.3. The molecule has 0 bridgehead atoms. The molecule has 0 radical (unpaired) electrons. The number of benzene rings is 1. The lowest BCUT2D eigenvalue weighted by Crippen LogP contribution is -2.45. The number of carbonyl (C=O) groups excluding carboxylic acids is 1. The Balaban J connectivity index is 2.74. The molecule has 0 aromatic heterocycles. The first kappa shape index (κ1) is 18.4. The van der Waals surface area contributed by atoms with Crippen molar-refractivity contribution in [3.05, 3.63) is 35.6 Å². The molecule has 1 aromatic rings. The molecule has 0 aliphatic rings. The second kappa shape index (κ2) is 8.13. The summed E-state index contributed by atoms with van der Waals surface area (Å²) in [5.74, 6) is -0.293. The summed E-state index contributed by atoms with van der Waals surface area (Å²) in [7, 11) is 0. The summed E-state index contributed by atoms with van der Waals surface area (Å²) >= 11 is 0. The summed E-state index contributed by atoms with van der Waals surface area (Å²) in [5.41, 5.74) is 0.663. The fourth-order valence-electron chi connectivity index (χ4n) is 2.32. The number of halogens is 1. The number of carbonyl (C=O) groups is 1. The molecule has 3 N–H and O–H groups in total. The average Bonchev–Trinajstić information content (AvgIpc) is 2.42. The van der Waals surface area contributed by atoms with E-state index in [9.17, 15) is 9.18 Å². The van der Waals surface area contributed by atoms with Crippen molar-refractivity contribution >= 4 is 6.03 Å². The van der Waals surface area contributed by atoms with E-state index < -0.39 is 0 Å². The molecule has 0 heterocycles. The van der Waals surface area contributed by atoms with Gasteiger partial charge in [0.25, 0.3) is 0 Å². The van der Waals surface area contributed by atoms with Crippen molar-refractivity contribution in [2.24, 2.45) is 5.41 Å². The molecule has 0 saturated heterocycles. The number of rotatable bonds is 6. The summed E-state index contributed by atoms with van der Waals surface area (Å²) in [6, 6.07) is 5.70. The van der Waals surface area contributed by atoms with E-state index in [-0.39, 0.29) is 36.0 Å². The average molecular weight is 310 g/mol. The van der Waals surface area contributed by atoms with E-state index in [4.69, 9.17) is 5.11 Å². The topological polar surface area (TPSA) is 61.4 Å². The first-order valence-electron chi connectivity index (χ1n) is 7.67. The summed E-state index contributed by atoms with van der Waals surface area (Å²) in [6.45, 7) is 8.09. The van der Waals surface area contributed by atoms with Gasteiger partial charge in [0.15, 0.2) is 0 Å². The van der Waals surface area contributed by atoms with Crippen LogP contribution in [0.3, 0.4) is 0 Å². The van der Waals surface area contributed by atoms with Gasteiger partial charge in [0.05, 0.1) is 6.04 Å². The quantitative estimate of drug-likeness (QED) is 0.754. The number of amides is 2. The zero-order valence-corrected chi connectivity index (χ0v) is 13.8. The SMILES string of the molecule is CC(CCCO)NC(=O)NC(c1ccc(F)cc1)C(C)(C)C. The molecular weight excluding hydrogens is 283 g/mol. The van der Waals surface area contributed by atoms with Crippen molar-refractivity contribution in [1.29, 1.82) is 0 Å². The second-order valence-corrected chi connectivity index (χ2v) is 6.74. The molecule has 2 unspecified atom stereocenters. The first-order chi connectivity index (χ1) is 10.2. The lowest BCUT2D eigenvalue weighted by Gasteiger charge is -2.32. The highest BCUT2D eigenvalue weighted by molar-refractivity contribution is 5.74. The molecule has 0 aliphatic heterocycles. The molecule has 5 heteroatoms. The summed E-state index contributed by atoms with van der Waals surface area (Å²) in [6.07, 6.45) is 1.38.